The maximum absolute atomic E-state index is 13.5. The second kappa shape index (κ2) is 6.24. The Morgan fingerprint density at radius 3 is 2.62 bits per heavy atom. The summed E-state index contributed by atoms with van der Waals surface area (Å²) in [7, 11) is 0. The van der Waals surface area contributed by atoms with Crippen LogP contribution in [0.2, 0.25) is 0 Å². The summed E-state index contributed by atoms with van der Waals surface area (Å²) < 4.78 is 5.51. The topological polar surface area (TPSA) is 74.6 Å². The molecule has 1 atom stereocenters. The lowest BCUT2D eigenvalue weighted by molar-refractivity contribution is -0.125. The Kier molecular flexibility index (Phi) is 3.77. The van der Waals surface area contributed by atoms with Gasteiger partial charge in [-0.05, 0) is 47.9 Å². The molecule has 5 rings (SSSR count). The van der Waals surface area contributed by atoms with E-state index in [0.29, 0.717) is 22.7 Å². The van der Waals surface area contributed by atoms with E-state index in [0.717, 1.165) is 11.1 Å². The van der Waals surface area contributed by atoms with Gasteiger partial charge in [-0.2, -0.15) is 0 Å². The molecule has 3 heterocycles. The van der Waals surface area contributed by atoms with Crippen molar-refractivity contribution in [2.75, 3.05) is 10.6 Å². The molecule has 0 radical (unpaired) electrons. The third-order valence-corrected chi connectivity index (χ3v) is 5.69. The van der Waals surface area contributed by atoms with Gasteiger partial charge in [-0.3, -0.25) is 14.5 Å². The largest absolute Gasteiger partial charge is 0.467 e. The van der Waals surface area contributed by atoms with Gasteiger partial charge in [-0.1, -0.05) is 32.0 Å². The molecular weight excluding hydrogens is 366 g/mol. The molecule has 2 N–H and O–H groups in total. The fourth-order valence-corrected chi connectivity index (χ4v) is 4.14. The molecule has 2 aliphatic rings. The Hall–Kier alpha value is -3.54. The predicted molar refractivity (Wildman–Crippen MR) is 109 cm³/mol. The molecule has 29 heavy (non-hydrogen) atoms. The van der Waals surface area contributed by atoms with Crippen LogP contribution in [0.1, 0.15) is 47.0 Å². The van der Waals surface area contributed by atoms with Gasteiger partial charge in [0, 0.05) is 16.9 Å². The second-order valence-corrected chi connectivity index (χ2v) is 7.77. The molecule has 3 aromatic rings. The van der Waals surface area contributed by atoms with Crippen molar-refractivity contribution in [1.82, 2.24) is 4.90 Å². The average molecular weight is 387 g/mol. The third kappa shape index (κ3) is 2.49. The van der Waals surface area contributed by atoms with Crippen molar-refractivity contribution < 1.29 is 14.0 Å². The van der Waals surface area contributed by atoms with Gasteiger partial charge in [0.1, 0.15) is 5.76 Å². The molecule has 146 valence electrons. The van der Waals surface area contributed by atoms with Crippen LogP contribution in [-0.2, 0) is 17.0 Å². The van der Waals surface area contributed by atoms with Crippen molar-refractivity contribution in [1.29, 1.82) is 0 Å². The summed E-state index contributed by atoms with van der Waals surface area (Å²) >= 11 is 0. The minimum Gasteiger partial charge on any atom is -0.467 e. The van der Waals surface area contributed by atoms with Crippen molar-refractivity contribution in [2.24, 2.45) is 0 Å². The highest BCUT2D eigenvalue weighted by Crippen LogP contribution is 2.46. The van der Waals surface area contributed by atoms with Gasteiger partial charge in [0.2, 0.25) is 5.66 Å². The van der Waals surface area contributed by atoms with Gasteiger partial charge in [-0.25, -0.2) is 0 Å². The molecule has 1 aromatic heterocycles. The molecule has 1 spiro atoms. The smallest absolute Gasteiger partial charge is 0.276 e. The molecule has 0 bridgehead atoms. The van der Waals surface area contributed by atoms with Crippen LogP contribution >= 0.6 is 0 Å². The first-order chi connectivity index (χ1) is 14.0. The maximum Gasteiger partial charge on any atom is 0.276 e. The highest BCUT2D eigenvalue weighted by molar-refractivity contribution is 6.14. The van der Waals surface area contributed by atoms with E-state index in [4.69, 9.17) is 4.42 Å². The fourth-order valence-electron chi connectivity index (χ4n) is 4.14. The van der Waals surface area contributed by atoms with Gasteiger partial charge >= 0.3 is 0 Å². The number of rotatable bonds is 3. The average Bonchev–Trinajstić information content (AvgIpc) is 3.32. The second-order valence-electron chi connectivity index (χ2n) is 7.77. The van der Waals surface area contributed by atoms with E-state index < -0.39 is 5.66 Å². The lowest BCUT2D eigenvalue weighted by atomic mass is 9.90. The number of fused-ring (bicyclic) bond motifs is 3. The summed E-state index contributed by atoms with van der Waals surface area (Å²) in [5.74, 6) is 0.412. The highest BCUT2D eigenvalue weighted by Gasteiger charge is 2.56. The Morgan fingerprint density at radius 2 is 1.86 bits per heavy atom. The third-order valence-electron chi connectivity index (χ3n) is 5.69. The van der Waals surface area contributed by atoms with Gasteiger partial charge < -0.3 is 15.1 Å². The van der Waals surface area contributed by atoms with Crippen LogP contribution in [0.15, 0.2) is 65.3 Å². The number of hydrogen-bond donors (Lipinski definition) is 2. The summed E-state index contributed by atoms with van der Waals surface area (Å²) in [6.45, 7) is 4.38. The van der Waals surface area contributed by atoms with Gasteiger partial charge in [0.25, 0.3) is 11.8 Å². The SMILES string of the molecule is CC(C)c1ccc2c(c1)C1(Nc3ccccc3C(=O)N1Cc1ccco1)C(=O)N2. The predicted octanol–water partition coefficient (Wildman–Crippen LogP) is 4.28. The Morgan fingerprint density at radius 1 is 1.03 bits per heavy atom. The summed E-state index contributed by atoms with van der Waals surface area (Å²) in [6.07, 6.45) is 1.57. The van der Waals surface area contributed by atoms with Crippen LogP contribution in [0, 0.1) is 0 Å². The lowest BCUT2D eigenvalue weighted by Crippen LogP contribution is -2.60. The van der Waals surface area contributed by atoms with E-state index in [2.05, 4.69) is 24.5 Å². The zero-order valence-corrected chi connectivity index (χ0v) is 16.2. The number of carbonyl (C=O) groups excluding carboxylic acids is 2. The zero-order valence-electron chi connectivity index (χ0n) is 16.2. The number of nitrogens with one attached hydrogen (secondary N) is 2. The molecule has 0 fully saturated rings. The summed E-state index contributed by atoms with van der Waals surface area (Å²) in [4.78, 5) is 28.5. The monoisotopic (exact) mass is 387 g/mol. The molecule has 2 aromatic carbocycles. The molecule has 2 aliphatic heterocycles. The van der Waals surface area contributed by atoms with Crippen molar-refractivity contribution >= 4 is 23.2 Å². The lowest BCUT2D eigenvalue weighted by Gasteiger charge is -2.44. The molecule has 0 saturated carbocycles. The number of furan rings is 1. The first kappa shape index (κ1) is 17.6. The van der Waals surface area contributed by atoms with Gasteiger partial charge in [0.05, 0.1) is 18.4 Å². The van der Waals surface area contributed by atoms with Crippen LogP contribution in [-0.4, -0.2) is 16.7 Å². The number of carbonyl (C=O) groups is 2. The van der Waals surface area contributed by atoms with E-state index in [9.17, 15) is 9.59 Å². The van der Waals surface area contributed by atoms with Crippen molar-refractivity contribution in [2.45, 2.75) is 32.0 Å². The Balaban J connectivity index is 1.74. The van der Waals surface area contributed by atoms with Gasteiger partial charge in [-0.15, -0.1) is 0 Å². The van der Waals surface area contributed by atoms with E-state index >= 15 is 0 Å². The van der Waals surface area contributed by atoms with Crippen LogP contribution in [0.3, 0.4) is 0 Å². The molecule has 6 nitrogen and oxygen atoms in total. The van der Waals surface area contributed by atoms with Crippen LogP contribution < -0.4 is 10.6 Å². The van der Waals surface area contributed by atoms with Crippen molar-refractivity contribution in [3.63, 3.8) is 0 Å². The Bertz CT molecular complexity index is 1120. The van der Waals surface area contributed by atoms with Crippen LogP contribution in [0.4, 0.5) is 11.4 Å². The minimum atomic E-state index is -1.33. The van der Waals surface area contributed by atoms with Crippen LogP contribution in [0.5, 0.6) is 0 Å². The molecule has 6 heteroatoms. The summed E-state index contributed by atoms with van der Waals surface area (Å²) in [5.41, 5.74) is 2.41. The number of amides is 2. The first-order valence-electron chi connectivity index (χ1n) is 9.68. The number of hydrogen-bond acceptors (Lipinski definition) is 4. The molecule has 0 saturated heterocycles. The number of anilines is 2. The van der Waals surface area contributed by atoms with Crippen molar-refractivity contribution in [3.8, 4) is 0 Å². The standard InChI is InChI=1S/C23H21N3O3/c1-14(2)15-9-10-20-18(12-15)23(22(28)24-20)25-19-8-4-3-7-17(19)21(27)26(23)13-16-6-5-11-29-16/h3-12,14,25H,13H2,1-2H3,(H,24,28). The van der Waals surface area contributed by atoms with E-state index in [1.54, 1.807) is 29.4 Å². The molecule has 0 aliphatic carbocycles. The maximum atomic E-state index is 13.5. The fraction of sp³-hybridized carbons (Fsp3) is 0.217. The zero-order chi connectivity index (χ0) is 20.2. The summed E-state index contributed by atoms with van der Waals surface area (Å²) in [5, 5.41) is 6.35. The molecular formula is C23H21N3O3. The van der Waals surface area contributed by atoms with E-state index in [1.165, 1.54) is 0 Å². The number of nitrogens with zero attached hydrogens (tertiary/aromatic N) is 1. The van der Waals surface area contributed by atoms with Crippen molar-refractivity contribution in [3.05, 3.63) is 83.3 Å². The van der Waals surface area contributed by atoms with E-state index in [-0.39, 0.29) is 24.3 Å². The Labute approximate surface area is 168 Å². The summed E-state index contributed by atoms with van der Waals surface area (Å²) in [6, 6.07) is 16.8. The quantitative estimate of drug-likeness (QED) is 0.704. The molecule has 2 amide bonds. The minimum absolute atomic E-state index is 0.173. The molecule has 1 unspecified atom stereocenters. The number of benzene rings is 2. The van der Waals surface area contributed by atoms with E-state index in [1.807, 2.05) is 36.4 Å². The number of para-hydroxylation sites is 1. The van der Waals surface area contributed by atoms with Crippen LogP contribution in [0.25, 0.3) is 0 Å². The van der Waals surface area contributed by atoms with Gasteiger partial charge in [0.15, 0.2) is 0 Å². The first-order valence-corrected chi connectivity index (χ1v) is 9.68. The normalized spacial score (nSPS) is 19.9. The highest BCUT2D eigenvalue weighted by atomic mass is 16.3.